The van der Waals surface area contributed by atoms with E-state index in [9.17, 15) is 5.11 Å². The van der Waals surface area contributed by atoms with Crippen molar-refractivity contribution < 1.29 is 5.11 Å². The third-order valence-corrected chi connectivity index (χ3v) is 11.6. The molecule has 9 atom stereocenters. The van der Waals surface area contributed by atoms with E-state index in [2.05, 4.69) is 48.5 Å². The lowest BCUT2D eigenvalue weighted by molar-refractivity contribution is -0.165. The topological polar surface area (TPSA) is 57.2 Å². The van der Waals surface area contributed by atoms with Crippen LogP contribution in [0.2, 0.25) is 0 Å². The van der Waals surface area contributed by atoms with E-state index in [4.69, 9.17) is 0 Å². The van der Waals surface area contributed by atoms with Gasteiger partial charge in [0.1, 0.15) is 0 Å². The number of fused-ring (bicyclic) bond motifs is 5. The lowest BCUT2D eigenvalue weighted by Gasteiger charge is -2.62. The standard InChI is InChI=1S/C31H51N3O/c1-4-22-10-11-26-29-27(13-15-30(22,26)2)31(3)14-12-24(19-23(31)20-28(29)35)33-18-8-7-16-32-21-25-9-5-6-17-34-25/h5-6,9,17,22-24,26-29,32-33,35H,4,7-8,10-16,18-21H2,1-3H3/t22-,23+,24-,26-,27-,28+,29-,30+,31-/m0/s1. The minimum absolute atomic E-state index is 0.0674. The maximum atomic E-state index is 11.5. The number of hydrogen-bond donors (Lipinski definition) is 3. The predicted octanol–water partition coefficient (Wildman–Crippen LogP) is 5.95. The summed E-state index contributed by atoms with van der Waals surface area (Å²) in [6.45, 7) is 10.6. The zero-order valence-electron chi connectivity index (χ0n) is 22.6. The van der Waals surface area contributed by atoms with Crippen LogP contribution in [0.4, 0.5) is 0 Å². The molecule has 4 aliphatic carbocycles. The molecule has 4 heteroatoms. The molecule has 1 aromatic rings. The summed E-state index contributed by atoms with van der Waals surface area (Å²) in [6, 6.07) is 6.74. The minimum atomic E-state index is -0.0674. The molecular formula is C31H51N3O. The van der Waals surface area contributed by atoms with Crippen LogP contribution in [-0.2, 0) is 6.54 Å². The van der Waals surface area contributed by atoms with Gasteiger partial charge in [-0.25, -0.2) is 0 Å². The third kappa shape index (κ3) is 4.97. The fourth-order valence-electron chi connectivity index (χ4n) is 9.59. The van der Waals surface area contributed by atoms with Crippen molar-refractivity contribution >= 4 is 0 Å². The third-order valence-electron chi connectivity index (χ3n) is 11.6. The maximum Gasteiger partial charge on any atom is 0.0577 e. The van der Waals surface area contributed by atoms with E-state index in [1.165, 1.54) is 64.2 Å². The van der Waals surface area contributed by atoms with Gasteiger partial charge in [-0.2, -0.15) is 0 Å². The molecule has 4 aliphatic rings. The van der Waals surface area contributed by atoms with Gasteiger partial charge in [-0.05, 0) is 130 Å². The van der Waals surface area contributed by atoms with Crippen molar-refractivity contribution in [3.05, 3.63) is 30.1 Å². The molecule has 0 aliphatic heterocycles. The van der Waals surface area contributed by atoms with E-state index in [0.29, 0.717) is 28.7 Å². The predicted molar refractivity (Wildman–Crippen MR) is 144 cm³/mol. The average molecular weight is 482 g/mol. The average Bonchev–Trinajstić information content (AvgIpc) is 3.21. The number of nitrogens with zero attached hydrogens (tertiary/aromatic N) is 1. The summed E-state index contributed by atoms with van der Waals surface area (Å²) in [7, 11) is 0. The molecule has 0 unspecified atom stereocenters. The second kappa shape index (κ2) is 10.8. The normalized spacial score (nSPS) is 42.8. The highest BCUT2D eigenvalue weighted by molar-refractivity contribution is 5.11. The number of hydrogen-bond acceptors (Lipinski definition) is 4. The Morgan fingerprint density at radius 3 is 2.57 bits per heavy atom. The highest BCUT2D eigenvalue weighted by atomic mass is 16.3. The van der Waals surface area contributed by atoms with Gasteiger partial charge in [0.05, 0.1) is 11.8 Å². The molecule has 5 rings (SSSR count). The summed E-state index contributed by atoms with van der Waals surface area (Å²) >= 11 is 0. The molecule has 0 aromatic carbocycles. The molecule has 3 N–H and O–H groups in total. The van der Waals surface area contributed by atoms with Crippen LogP contribution in [0.25, 0.3) is 0 Å². The lowest BCUT2D eigenvalue weighted by atomic mass is 9.44. The quantitative estimate of drug-likeness (QED) is 0.382. The summed E-state index contributed by atoms with van der Waals surface area (Å²) in [5, 5.41) is 18.9. The van der Waals surface area contributed by atoms with Crippen LogP contribution in [0.1, 0.15) is 97.1 Å². The number of rotatable bonds is 9. The Hall–Kier alpha value is -0.970. The molecule has 0 bridgehead atoms. The molecule has 1 aromatic heterocycles. The first-order chi connectivity index (χ1) is 17.0. The van der Waals surface area contributed by atoms with Crippen molar-refractivity contribution in [1.82, 2.24) is 15.6 Å². The van der Waals surface area contributed by atoms with Gasteiger partial charge in [-0.15, -0.1) is 0 Å². The Morgan fingerprint density at radius 2 is 1.77 bits per heavy atom. The van der Waals surface area contributed by atoms with Gasteiger partial charge in [0, 0.05) is 18.8 Å². The van der Waals surface area contributed by atoms with E-state index in [1.54, 1.807) is 0 Å². The summed E-state index contributed by atoms with van der Waals surface area (Å²) in [5.41, 5.74) is 2.06. The Balaban J connectivity index is 1.08. The van der Waals surface area contributed by atoms with Crippen LogP contribution >= 0.6 is 0 Å². The smallest absolute Gasteiger partial charge is 0.0577 e. The van der Waals surface area contributed by atoms with E-state index < -0.39 is 0 Å². The molecule has 4 fully saturated rings. The summed E-state index contributed by atoms with van der Waals surface area (Å²) < 4.78 is 0. The Bertz CT molecular complexity index is 817. The van der Waals surface area contributed by atoms with Gasteiger partial charge in [0.25, 0.3) is 0 Å². The highest BCUT2D eigenvalue weighted by Gasteiger charge is 2.62. The van der Waals surface area contributed by atoms with Crippen LogP contribution in [0.15, 0.2) is 24.4 Å². The van der Waals surface area contributed by atoms with Gasteiger partial charge in [0.15, 0.2) is 0 Å². The van der Waals surface area contributed by atoms with Crippen LogP contribution in [0.5, 0.6) is 0 Å². The highest BCUT2D eigenvalue weighted by Crippen LogP contribution is 2.67. The SMILES string of the molecule is CC[C@H]1CC[C@H]2[C@@H]3[C@H](O)C[C@H]4C[C@@H](NCCCCNCc5ccccn5)CC[C@]4(C)[C@H]3CC[C@]12C. The Kier molecular flexibility index (Phi) is 7.92. The van der Waals surface area contributed by atoms with Crippen molar-refractivity contribution in [1.29, 1.82) is 0 Å². The number of unbranched alkanes of at least 4 members (excludes halogenated alkanes) is 1. The van der Waals surface area contributed by atoms with Gasteiger partial charge in [-0.1, -0.05) is 33.3 Å². The number of pyridine rings is 1. The molecule has 0 radical (unpaired) electrons. The van der Waals surface area contributed by atoms with Crippen molar-refractivity contribution in [2.45, 2.75) is 110 Å². The zero-order chi connectivity index (χ0) is 24.5. The first kappa shape index (κ1) is 25.7. The van der Waals surface area contributed by atoms with Crippen LogP contribution in [0.3, 0.4) is 0 Å². The van der Waals surface area contributed by atoms with E-state index in [-0.39, 0.29) is 6.10 Å². The molecule has 1 heterocycles. The number of aliphatic hydroxyl groups is 1. The number of aliphatic hydroxyl groups excluding tert-OH is 1. The zero-order valence-corrected chi connectivity index (χ0v) is 22.6. The monoisotopic (exact) mass is 481 g/mol. The number of nitrogens with one attached hydrogen (secondary N) is 2. The van der Waals surface area contributed by atoms with E-state index in [1.807, 2.05) is 12.3 Å². The van der Waals surface area contributed by atoms with Gasteiger partial charge in [-0.3, -0.25) is 4.98 Å². The van der Waals surface area contributed by atoms with E-state index >= 15 is 0 Å². The van der Waals surface area contributed by atoms with Gasteiger partial charge < -0.3 is 15.7 Å². The van der Waals surface area contributed by atoms with Gasteiger partial charge >= 0.3 is 0 Å². The molecule has 4 saturated carbocycles. The molecule has 0 saturated heterocycles. The fourth-order valence-corrected chi connectivity index (χ4v) is 9.59. The van der Waals surface area contributed by atoms with Crippen molar-refractivity contribution in [3.8, 4) is 0 Å². The number of aromatic nitrogens is 1. The van der Waals surface area contributed by atoms with Gasteiger partial charge in [0.2, 0.25) is 0 Å². The molecule has 35 heavy (non-hydrogen) atoms. The summed E-state index contributed by atoms with van der Waals surface area (Å²) in [4.78, 5) is 4.38. The molecule has 0 amide bonds. The maximum absolute atomic E-state index is 11.5. The largest absolute Gasteiger partial charge is 0.393 e. The Labute approximate surface area is 214 Å². The first-order valence-corrected chi connectivity index (χ1v) is 15.0. The van der Waals surface area contributed by atoms with Crippen molar-refractivity contribution in [2.24, 2.45) is 40.4 Å². The minimum Gasteiger partial charge on any atom is -0.393 e. The van der Waals surface area contributed by atoms with E-state index in [0.717, 1.165) is 49.5 Å². The first-order valence-electron chi connectivity index (χ1n) is 15.0. The molecule has 4 nitrogen and oxygen atoms in total. The fraction of sp³-hybridized carbons (Fsp3) is 0.839. The molecular weight excluding hydrogens is 430 g/mol. The van der Waals surface area contributed by atoms with Crippen LogP contribution < -0.4 is 10.6 Å². The van der Waals surface area contributed by atoms with Crippen molar-refractivity contribution in [3.63, 3.8) is 0 Å². The summed E-state index contributed by atoms with van der Waals surface area (Å²) in [6.07, 6.45) is 16.1. The second-order valence-corrected chi connectivity index (χ2v) is 13.2. The van der Waals surface area contributed by atoms with Crippen LogP contribution in [-0.4, -0.2) is 35.3 Å². The second-order valence-electron chi connectivity index (χ2n) is 13.2. The lowest BCUT2D eigenvalue weighted by Crippen LogP contribution is -2.59. The molecule has 196 valence electrons. The molecule has 0 spiro atoms. The van der Waals surface area contributed by atoms with Crippen molar-refractivity contribution in [2.75, 3.05) is 13.1 Å². The Morgan fingerprint density at radius 1 is 0.971 bits per heavy atom. The summed E-state index contributed by atoms with van der Waals surface area (Å²) in [5.74, 6) is 3.65. The van der Waals surface area contributed by atoms with Crippen LogP contribution in [0, 0.1) is 40.4 Å².